The Bertz CT molecular complexity index is 231. The Morgan fingerprint density at radius 2 is 2.07 bits per heavy atom. The van der Waals surface area contributed by atoms with Crippen molar-refractivity contribution in [3.8, 4) is 0 Å². The maximum absolute atomic E-state index is 6.32. The van der Waals surface area contributed by atoms with Crippen LogP contribution in [0, 0.1) is 23.2 Å². The van der Waals surface area contributed by atoms with E-state index in [4.69, 9.17) is 5.73 Å². The zero-order valence-electron chi connectivity index (χ0n) is 9.34. The number of hydrogen-bond acceptors (Lipinski definition) is 1. The predicted octanol–water partition coefficient (Wildman–Crippen LogP) is 2.94. The molecule has 3 fully saturated rings. The number of rotatable bonds is 3. The van der Waals surface area contributed by atoms with E-state index in [1.807, 2.05) is 0 Å². The molecule has 0 saturated heterocycles. The summed E-state index contributed by atoms with van der Waals surface area (Å²) in [6.45, 7) is 2.38. The molecule has 1 heteroatoms. The van der Waals surface area contributed by atoms with Crippen LogP contribution in [0.15, 0.2) is 0 Å². The van der Waals surface area contributed by atoms with Crippen molar-refractivity contribution < 1.29 is 0 Å². The number of hydrogen-bond donors (Lipinski definition) is 1. The Balaban J connectivity index is 1.57. The van der Waals surface area contributed by atoms with Crippen LogP contribution >= 0.6 is 0 Å². The van der Waals surface area contributed by atoms with Gasteiger partial charge in [0.2, 0.25) is 0 Å². The highest BCUT2D eigenvalue weighted by molar-refractivity contribution is 5.00. The highest BCUT2D eigenvalue weighted by Gasteiger charge is 2.46. The lowest BCUT2D eigenvalue weighted by molar-refractivity contribution is 0.261. The van der Waals surface area contributed by atoms with Gasteiger partial charge in [0.15, 0.2) is 0 Å². The fourth-order valence-corrected chi connectivity index (χ4v) is 3.84. The molecule has 1 nitrogen and oxygen atoms in total. The van der Waals surface area contributed by atoms with Crippen LogP contribution in [-0.4, -0.2) is 6.04 Å². The summed E-state index contributed by atoms with van der Waals surface area (Å²) >= 11 is 0. The minimum atomic E-state index is 0.506. The highest BCUT2D eigenvalue weighted by atomic mass is 14.7. The van der Waals surface area contributed by atoms with Gasteiger partial charge >= 0.3 is 0 Å². The third-order valence-electron chi connectivity index (χ3n) is 5.38. The number of nitrogens with two attached hydrogens (primary N) is 1. The van der Waals surface area contributed by atoms with Crippen LogP contribution in [0.4, 0.5) is 0 Å². The van der Waals surface area contributed by atoms with Gasteiger partial charge in [-0.05, 0) is 61.7 Å². The number of fused-ring (bicyclic) bond motifs is 2. The molecule has 0 aromatic heterocycles. The minimum absolute atomic E-state index is 0.506. The lowest BCUT2D eigenvalue weighted by Crippen LogP contribution is -2.33. The van der Waals surface area contributed by atoms with Crippen molar-refractivity contribution in [3.63, 3.8) is 0 Å². The van der Waals surface area contributed by atoms with E-state index >= 15 is 0 Å². The molecule has 3 rings (SSSR count). The monoisotopic (exact) mass is 193 g/mol. The van der Waals surface area contributed by atoms with E-state index in [0.717, 1.165) is 17.8 Å². The van der Waals surface area contributed by atoms with Gasteiger partial charge in [-0.3, -0.25) is 0 Å². The summed E-state index contributed by atoms with van der Waals surface area (Å²) in [6, 6.07) is 0.506. The largest absolute Gasteiger partial charge is 0.327 e. The van der Waals surface area contributed by atoms with Gasteiger partial charge in [-0.1, -0.05) is 13.3 Å². The zero-order valence-corrected chi connectivity index (χ0v) is 9.34. The van der Waals surface area contributed by atoms with E-state index in [0.29, 0.717) is 11.5 Å². The summed E-state index contributed by atoms with van der Waals surface area (Å²) in [6.07, 6.45) is 10.2. The summed E-state index contributed by atoms with van der Waals surface area (Å²) in [5.74, 6) is 3.15. The molecule has 2 N–H and O–H groups in total. The molecule has 0 aliphatic heterocycles. The molecule has 2 bridgehead atoms. The smallest absolute Gasteiger partial charge is 0.00956 e. The normalized spacial score (nSPS) is 45.4. The van der Waals surface area contributed by atoms with Crippen LogP contribution in [0.2, 0.25) is 0 Å². The molecule has 0 aromatic carbocycles. The lowest BCUT2D eigenvalue weighted by Gasteiger charge is -2.27. The lowest BCUT2D eigenvalue weighted by atomic mass is 9.81. The predicted molar refractivity (Wildman–Crippen MR) is 58.9 cm³/mol. The third-order valence-corrected chi connectivity index (χ3v) is 5.38. The first-order valence-electron chi connectivity index (χ1n) is 6.43. The molecular weight excluding hydrogens is 170 g/mol. The molecule has 3 aliphatic rings. The van der Waals surface area contributed by atoms with Crippen molar-refractivity contribution in [2.24, 2.45) is 28.9 Å². The first kappa shape index (κ1) is 9.21. The van der Waals surface area contributed by atoms with Gasteiger partial charge < -0.3 is 5.73 Å². The van der Waals surface area contributed by atoms with Gasteiger partial charge in [0, 0.05) is 6.04 Å². The van der Waals surface area contributed by atoms with Crippen molar-refractivity contribution in [1.82, 2.24) is 0 Å². The average molecular weight is 193 g/mol. The molecule has 0 radical (unpaired) electrons. The second-order valence-electron chi connectivity index (χ2n) is 6.43. The van der Waals surface area contributed by atoms with Gasteiger partial charge in [-0.2, -0.15) is 0 Å². The second kappa shape index (κ2) is 2.98. The standard InChI is InChI=1S/C13H23N/c1-13(4-5-13)12(14)8-11-7-9-2-3-10(11)6-9/h9-12H,2-8,14H2,1H3. The average Bonchev–Trinajstić information content (AvgIpc) is 2.63. The van der Waals surface area contributed by atoms with Gasteiger partial charge in [0.1, 0.15) is 0 Å². The van der Waals surface area contributed by atoms with Crippen LogP contribution in [0.3, 0.4) is 0 Å². The molecule has 3 aliphatic carbocycles. The van der Waals surface area contributed by atoms with Gasteiger partial charge in [0.25, 0.3) is 0 Å². The molecule has 0 heterocycles. The molecule has 3 saturated carbocycles. The maximum Gasteiger partial charge on any atom is 0.00956 e. The van der Waals surface area contributed by atoms with Crippen molar-refractivity contribution in [2.75, 3.05) is 0 Å². The van der Waals surface area contributed by atoms with Crippen molar-refractivity contribution in [3.05, 3.63) is 0 Å². The zero-order chi connectivity index (χ0) is 9.76. The Hall–Kier alpha value is -0.0400. The Kier molecular flexibility index (Phi) is 1.96. The molecule has 4 unspecified atom stereocenters. The van der Waals surface area contributed by atoms with Crippen LogP contribution < -0.4 is 5.73 Å². The van der Waals surface area contributed by atoms with E-state index in [9.17, 15) is 0 Å². The fourth-order valence-electron chi connectivity index (χ4n) is 3.84. The molecule has 4 atom stereocenters. The SMILES string of the molecule is CC1(C(N)CC2CC3CCC2C3)CC1. The van der Waals surface area contributed by atoms with Crippen molar-refractivity contribution in [2.45, 2.75) is 57.9 Å². The van der Waals surface area contributed by atoms with Crippen LogP contribution in [0.1, 0.15) is 51.9 Å². The third kappa shape index (κ3) is 1.41. The molecule has 80 valence electrons. The van der Waals surface area contributed by atoms with Crippen LogP contribution in [-0.2, 0) is 0 Å². The van der Waals surface area contributed by atoms with E-state index in [1.165, 1.54) is 44.9 Å². The van der Waals surface area contributed by atoms with Gasteiger partial charge in [0.05, 0.1) is 0 Å². The fraction of sp³-hybridized carbons (Fsp3) is 1.00. The first-order chi connectivity index (χ1) is 6.67. The Labute approximate surface area is 87.4 Å². The van der Waals surface area contributed by atoms with Gasteiger partial charge in [-0.25, -0.2) is 0 Å². The van der Waals surface area contributed by atoms with Gasteiger partial charge in [-0.15, -0.1) is 0 Å². The van der Waals surface area contributed by atoms with E-state index in [-0.39, 0.29) is 0 Å². The summed E-state index contributed by atoms with van der Waals surface area (Å²) in [5.41, 5.74) is 6.87. The van der Waals surface area contributed by atoms with Crippen molar-refractivity contribution in [1.29, 1.82) is 0 Å². The maximum atomic E-state index is 6.32. The summed E-state index contributed by atoms with van der Waals surface area (Å²) in [4.78, 5) is 0. The minimum Gasteiger partial charge on any atom is -0.327 e. The Morgan fingerprint density at radius 1 is 1.29 bits per heavy atom. The topological polar surface area (TPSA) is 26.0 Å². The summed E-state index contributed by atoms with van der Waals surface area (Å²) < 4.78 is 0. The molecule has 0 amide bonds. The Morgan fingerprint density at radius 3 is 2.57 bits per heavy atom. The second-order valence-corrected chi connectivity index (χ2v) is 6.43. The molecule has 0 aromatic rings. The first-order valence-corrected chi connectivity index (χ1v) is 6.43. The molecular formula is C13H23N. The summed E-state index contributed by atoms with van der Waals surface area (Å²) in [7, 11) is 0. The van der Waals surface area contributed by atoms with E-state index in [1.54, 1.807) is 0 Å². The van der Waals surface area contributed by atoms with Crippen LogP contribution in [0.25, 0.3) is 0 Å². The van der Waals surface area contributed by atoms with Crippen molar-refractivity contribution >= 4 is 0 Å². The van der Waals surface area contributed by atoms with Crippen LogP contribution in [0.5, 0.6) is 0 Å². The highest BCUT2D eigenvalue weighted by Crippen LogP contribution is 2.54. The molecule has 0 spiro atoms. The van der Waals surface area contributed by atoms with E-state index in [2.05, 4.69) is 6.92 Å². The summed E-state index contributed by atoms with van der Waals surface area (Å²) in [5, 5.41) is 0. The molecule has 14 heavy (non-hydrogen) atoms. The van der Waals surface area contributed by atoms with E-state index < -0.39 is 0 Å². The quantitative estimate of drug-likeness (QED) is 0.732.